The Labute approximate surface area is 117 Å². The second kappa shape index (κ2) is 13.4. The summed E-state index contributed by atoms with van der Waals surface area (Å²) in [6.45, 7) is 9.31. The van der Waals surface area contributed by atoms with E-state index in [2.05, 4.69) is 34.1 Å². The molecule has 0 spiro atoms. The van der Waals surface area contributed by atoms with Gasteiger partial charge in [-0.3, -0.25) is 0 Å². The van der Waals surface area contributed by atoms with E-state index in [0.717, 1.165) is 11.8 Å². The molecule has 0 aromatic heterocycles. The van der Waals surface area contributed by atoms with Crippen molar-refractivity contribution in [1.82, 2.24) is 0 Å². The molecule has 0 heteroatoms. The molecule has 0 bridgehead atoms. The molecule has 0 aromatic carbocycles. The van der Waals surface area contributed by atoms with Gasteiger partial charge in [-0.05, 0) is 18.3 Å². The van der Waals surface area contributed by atoms with E-state index < -0.39 is 0 Å². The van der Waals surface area contributed by atoms with Gasteiger partial charge in [0, 0.05) is 0 Å². The van der Waals surface area contributed by atoms with E-state index in [1.54, 1.807) is 0 Å². The minimum atomic E-state index is 0.880. The van der Waals surface area contributed by atoms with Crippen LogP contribution in [-0.4, -0.2) is 0 Å². The molecule has 0 rings (SSSR count). The average Bonchev–Trinajstić information content (AvgIpc) is 2.41. The summed E-state index contributed by atoms with van der Waals surface area (Å²) in [6.07, 6.45) is 18.1. The molecule has 0 aliphatic carbocycles. The minimum absolute atomic E-state index is 0.880. The van der Waals surface area contributed by atoms with Gasteiger partial charge < -0.3 is 0 Å². The molecule has 0 saturated heterocycles. The Hall–Kier alpha value is 0. The van der Waals surface area contributed by atoms with Crippen LogP contribution >= 0.6 is 0 Å². The molecule has 2 unspecified atom stereocenters. The fourth-order valence-electron chi connectivity index (χ4n) is 2.73. The van der Waals surface area contributed by atoms with Crippen molar-refractivity contribution < 1.29 is 0 Å². The van der Waals surface area contributed by atoms with Crippen LogP contribution in [0, 0.1) is 18.3 Å². The summed E-state index contributed by atoms with van der Waals surface area (Å²) in [4.78, 5) is 0. The Morgan fingerprint density at radius 3 is 1.61 bits per heavy atom. The molecule has 2 atom stereocenters. The summed E-state index contributed by atoms with van der Waals surface area (Å²) in [5.74, 6) is 1.76. The first kappa shape index (κ1) is 18.0. The van der Waals surface area contributed by atoms with Crippen molar-refractivity contribution in [2.24, 2.45) is 11.8 Å². The van der Waals surface area contributed by atoms with Gasteiger partial charge >= 0.3 is 0 Å². The monoisotopic (exact) mass is 253 g/mol. The third kappa shape index (κ3) is 9.97. The summed E-state index contributed by atoms with van der Waals surface area (Å²) in [6, 6.07) is 0. The third-order valence-corrected chi connectivity index (χ3v) is 4.20. The minimum Gasteiger partial charge on any atom is -0.0654 e. The molecule has 0 heterocycles. The maximum absolute atomic E-state index is 2.69. The van der Waals surface area contributed by atoms with Crippen molar-refractivity contribution in [3.8, 4) is 0 Å². The molecule has 0 nitrogen and oxygen atoms in total. The molecule has 0 aliphatic rings. The molecule has 0 amide bonds. The summed E-state index contributed by atoms with van der Waals surface area (Å²) < 4.78 is 0. The topological polar surface area (TPSA) is 0 Å². The maximum atomic E-state index is 2.69. The highest BCUT2D eigenvalue weighted by molar-refractivity contribution is 4.82. The highest BCUT2D eigenvalue weighted by Gasteiger charge is 2.13. The molecule has 0 N–H and O–H groups in total. The molecular formula is C18H37. The SMILES string of the molecule is CCCCCCCC([CH]C(CC)CCCC)CC. The fourth-order valence-corrected chi connectivity index (χ4v) is 2.73. The standard InChI is InChI=1S/C18H37/c1-5-9-11-12-13-15-18(8-4)16-17(7-3)14-10-6-2/h16-18H,5-15H2,1-4H3. The van der Waals surface area contributed by atoms with Crippen molar-refractivity contribution in [2.75, 3.05) is 0 Å². The second-order valence-corrected chi connectivity index (χ2v) is 5.87. The van der Waals surface area contributed by atoms with E-state index in [-0.39, 0.29) is 0 Å². The second-order valence-electron chi connectivity index (χ2n) is 5.87. The molecule has 18 heavy (non-hydrogen) atoms. The average molecular weight is 253 g/mol. The van der Waals surface area contributed by atoms with Gasteiger partial charge in [0.2, 0.25) is 0 Å². The van der Waals surface area contributed by atoms with Crippen molar-refractivity contribution >= 4 is 0 Å². The molecule has 0 fully saturated rings. The van der Waals surface area contributed by atoms with Gasteiger partial charge in [0.25, 0.3) is 0 Å². The summed E-state index contributed by atoms with van der Waals surface area (Å²) >= 11 is 0. The van der Waals surface area contributed by atoms with E-state index in [4.69, 9.17) is 0 Å². The van der Waals surface area contributed by atoms with Crippen molar-refractivity contribution in [3.63, 3.8) is 0 Å². The number of hydrogen-bond donors (Lipinski definition) is 0. The predicted molar refractivity (Wildman–Crippen MR) is 84.8 cm³/mol. The van der Waals surface area contributed by atoms with Gasteiger partial charge in [0.15, 0.2) is 0 Å². The molecular weight excluding hydrogens is 216 g/mol. The normalized spacial score (nSPS) is 14.7. The zero-order valence-corrected chi connectivity index (χ0v) is 13.5. The van der Waals surface area contributed by atoms with Gasteiger partial charge in [-0.2, -0.15) is 0 Å². The third-order valence-electron chi connectivity index (χ3n) is 4.20. The molecule has 1 radical (unpaired) electrons. The molecule has 0 aliphatic heterocycles. The maximum Gasteiger partial charge on any atom is -0.0324 e. The lowest BCUT2D eigenvalue weighted by molar-refractivity contribution is 0.403. The number of unbranched alkanes of at least 4 members (excludes halogenated alkanes) is 5. The van der Waals surface area contributed by atoms with E-state index in [1.807, 2.05) is 0 Å². The van der Waals surface area contributed by atoms with Crippen molar-refractivity contribution in [2.45, 2.75) is 98.3 Å². The Balaban J connectivity index is 3.71. The Bertz CT molecular complexity index is 150. The van der Waals surface area contributed by atoms with Crippen LogP contribution in [0.5, 0.6) is 0 Å². The van der Waals surface area contributed by atoms with E-state index >= 15 is 0 Å². The Morgan fingerprint density at radius 1 is 0.611 bits per heavy atom. The molecule has 0 aromatic rings. The zero-order valence-electron chi connectivity index (χ0n) is 13.5. The van der Waals surface area contributed by atoms with Gasteiger partial charge in [-0.15, -0.1) is 0 Å². The molecule has 109 valence electrons. The number of hydrogen-bond acceptors (Lipinski definition) is 0. The van der Waals surface area contributed by atoms with Gasteiger partial charge in [0.1, 0.15) is 0 Å². The largest absolute Gasteiger partial charge is 0.0654 e. The lowest BCUT2D eigenvalue weighted by atomic mass is 9.84. The lowest BCUT2D eigenvalue weighted by Gasteiger charge is -2.21. The van der Waals surface area contributed by atoms with E-state index in [0.29, 0.717) is 0 Å². The van der Waals surface area contributed by atoms with Crippen LogP contribution in [0.1, 0.15) is 98.3 Å². The van der Waals surface area contributed by atoms with Crippen LogP contribution in [0.3, 0.4) is 0 Å². The highest BCUT2D eigenvalue weighted by Crippen LogP contribution is 2.26. The Kier molecular flexibility index (Phi) is 13.4. The first-order valence-corrected chi connectivity index (χ1v) is 8.63. The van der Waals surface area contributed by atoms with E-state index in [9.17, 15) is 0 Å². The highest BCUT2D eigenvalue weighted by atomic mass is 14.2. The first-order valence-electron chi connectivity index (χ1n) is 8.63. The quantitative estimate of drug-likeness (QED) is 0.317. The summed E-state index contributed by atoms with van der Waals surface area (Å²) in [5, 5.41) is 0. The van der Waals surface area contributed by atoms with Crippen LogP contribution in [0.25, 0.3) is 0 Å². The number of rotatable bonds is 13. The van der Waals surface area contributed by atoms with Gasteiger partial charge in [-0.1, -0.05) is 98.3 Å². The van der Waals surface area contributed by atoms with Crippen molar-refractivity contribution in [3.05, 3.63) is 6.42 Å². The van der Waals surface area contributed by atoms with Gasteiger partial charge in [-0.25, -0.2) is 0 Å². The van der Waals surface area contributed by atoms with Crippen LogP contribution in [0.4, 0.5) is 0 Å². The van der Waals surface area contributed by atoms with Crippen molar-refractivity contribution in [1.29, 1.82) is 0 Å². The van der Waals surface area contributed by atoms with Gasteiger partial charge in [0.05, 0.1) is 0 Å². The van der Waals surface area contributed by atoms with Crippen LogP contribution < -0.4 is 0 Å². The van der Waals surface area contributed by atoms with E-state index in [1.165, 1.54) is 70.6 Å². The smallest absolute Gasteiger partial charge is 0.0324 e. The molecule has 0 saturated carbocycles. The zero-order chi connectivity index (χ0) is 13.6. The summed E-state index contributed by atoms with van der Waals surface area (Å²) in [5.41, 5.74) is 0. The van der Waals surface area contributed by atoms with Crippen LogP contribution in [0.15, 0.2) is 0 Å². The first-order chi connectivity index (χ1) is 8.78. The fraction of sp³-hybridized carbons (Fsp3) is 0.944. The van der Waals surface area contributed by atoms with Crippen LogP contribution in [-0.2, 0) is 0 Å². The summed E-state index contributed by atoms with van der Waals surface area (Å²) in [7, 11) is 0. The van der Waals surface area contributed by atoms with Crippen LogP contribution in [0.2, 0.25) is 0 Å². The lowest BCUT2D eigenvalue weighted by Crippen LogP contribution is -2.09. The predicted octanol–water partition coefficient (Wildman–Crippen LogP) is 6.79. The Morgan fingerprint density at radius 2 is 1.11 bits per heavy atom.